The Morgan fingerprint density at radius 3 is 2.52 bits per heavy atom. The molecule has 0 atom stereocenters. The van der Waals surface area contributed by atoms with Crippen molar-refractivity contribution >= 4 is 33.2 Å². The third-order valence-corrected chi connectivity index (χ3v) is 4.93. The molecule has 0 aliphatic carbocycles. The molecule has 0 spiro atoms. The minimum absolute atomic E-state index is 0.151. The van der Waals surface area contributed by atoms with Gasteiger partial charge in [-0.1, -0.05) is 17.7 Å². The third-order valence-electron chi connectivity index (χ3n) is 4.01. The number of sulfonamides is 1. The Morgan fingerprint density at radius 2 is 1.93 bits per heavy atom. The number of pyridine rings is 1. The molecule has 10 heteroatoms. The van der Waals surface area contributed by atoms with Crippen molar-refractivity contribution in [2.45, 2.75) is 20.4 Å². The number of aromatic nitrogens is 3. The maximum atomic E-state index is 12.4. The Kier molecular flexibility index (Phi) is 5.90. The fraction of sp³-hybridized carbons (Fsp3) is 0.211. The molecule has 0 aliphatic heterocycles. The van der Waals surface area contributed by atoms with E-state index in [-0.39, 0.29) is 28.7 Å². The van der Waals surface area contributed by atoms with E-state index in [9.17, 15) is 13.2 Å². The summed E-state index contributed by atoms with van der Waals surface area (Å²) in [6.07, 6.45) is 2.68. The molecule has 3 aromatic rings. The van der Waals surface area contributed by atoms with Crippen molar-refractivity contribution in [1.29, 1.82) is 0 Å². The normalized spacial score (nSPS) is 11.3. The minimum atomic E-state index is -3.51. The molecule has 2 N–H and O–H groups in total. The molecule has 0 saturated heterocycles. The highest BCUT2D eigenvalue weighted by Crippen LogP contribution is 2.24. The number of hydrogen-bond donors (Lipinski definition) is 2. The summed E-state index contributed by atoms with van der Waals surface area (Å²) in [5.41, 5.74) is 3.14. The van der Waals surface area contributed by atoms with Crippen LogP contribution >= 0.6 is 11.6 Å². The summed E-state index contributed by atoms with van der Waals surface area (Å²) >= 11 is 5.98. The molecule has 29 heavy (non-hydrogen) atoms. The lowest BCUT2D eigenvalue weighted by Gasteiger charge is -2.10. The number of aryl methyl sites for hydroxylation is 2. The Balaban J connectivity index is 1.68. The number of hydrogen-bond acceptors (Lipinski definition) is 5. The molecule has 1 aromatic carbocycles. The molecule has 1 amide bonds. The lowest BCUT2D eigenvalue weighted by atomic mass is 10.2. The van der Waals surface area contributed by atoms with Crippen LogP contribution in [0.3, 0.4) is 0 Å². The van der Waals surface area contributed by atoms with Gasteiger partial charge in [-0.25, -0.2) is 18.1 Å². The van der Waals surface area contributed by atoms with E-state index in [0.717, 1.165) is 23.2 Å². The molecule has 0 saturated carbocycles. The molecule has 0 fully saturated rings. The van der Waals surface area contributed by atoms with Gasteiger partial charge in [-0.2, -0.15) is 5.10 Å². The van der Waals surface area contributed by atoms with Gasteiger partial charge in [0.1, 0.15) is 0 Å². The van der Waals surface area contributed by atoms with Crippen LogP contribution < -0.4 is 10.0 Å². The van der Waals surface area contributed by atoms with E-state index >= 15 is 0 Å². The van der Waals surface area contributed by atoms with Crippen molar-refractivity contribution in [2.24, 2.45) is 0 Å². The van der Waals surface area contributed by atoms with Crippen molar-refractivity contribution < 1.29 is 13.2 Å². The first-order valence-corrected chi connectivity index (χ1v) is 10.9. The highest BCUT2D eigenvalue weighted by Gasteiger charge is 2.12. The Labute approximate surface area is 174 Å². The van der Waals surface area contributed by atoms with Gasteiger partial charge < -0.3 is 5.32 Å². The number of halogens is 1. The van der Waals surface area contributed by atoms with Gasteiger partial charge in [0.05, 0.1) is 22.7 Å². The van der Waals surface area contributed by atoms with Crippen LogP contribution in [0.2, 0.25) is 5.02 Å². The molecule has 0 radical (unpaired) electrons. The third kappa shape index (κ3) is 5.33. The fourth-order valence-corrected chi connectivity index (χ4v) is 3.53. The quantitative estimate of drug-likeness (QED) is 0.621. The van der Waals surface area contributed by atoms with Crippen LogP contribution in [0.5, 0.6) is 0 Å². The van der Waals surface area contributed by atoms with Crippen LogP contribution in [0.25, 0.3) is 5.82 Å². The second kappa shape index (κ2) is 8.22. The van der Waals surface area contributed by atoms with Crippen LogP contribution in [-0.2, 0) is 16.6 Å². The predicted octanol–water partition coefficient (Wildman–Crippen LogP) is 2.84. The van der Waals surface area contributed by atoms with E-state index in [0.29, 0.717) is 5.82 Å². The zero-order valence-corrected chi connectivity index (χ0v) is 17.7. The maximum Gasteiger partial charge on any atom is 0.251 e. The summed E-state index contributed by atoms with van der Waals surface area (Å²) in [5, 5.41) is 7.37. The van der Waals surface area contributed by atoms with Crippen LogP contribution in [-0.4, -0.2) is 35.3 Å². The molecule has 0 unspecified atom stereocenters. The van der Waals surface area contributed by atoms with E-state index in [1.165, 1.54) is 18.2 Å². The highest BCUT2D eigenvalue weighted by molar-refractivity contribution is 7.92. The first-order valence-electron chi connectivity index (χ1n) is 8.66. The lowest BCUT2D eigenvalue weighted by molar-refractivity contribution is 0.0951. The second-order valence-electron chi connectivity index (χ2n) is 6.62. The summed E-state index contributed by atoms with van der Waals surface area (Å²) in [7, 11) is -3.51. The average Bonchev–Trinajstić information content (AvgIpc) is 2.99. The zero-order valence-electron chi connectivity index (χ0n) is 16.1. The molecule has 2 heterocycles. The molecule has 8 nitrogen and oxygen atoms in total. The number of nitrogens with one attached hydrogen (secondary N) is 2. The van der Waals surface area contributed by atoms with E-state index in [2.05, 4.69) is 20.1 Å². The van der Waals surface area contributed by atoms with Crippen molar-refractivity contribution in [1.82, 2.24) is 20.1 Å². The SMILES string of the molecule is Cc1cc(C)n(-c2ccc(CNC(=O)c3ccc(Cl)c(NS(C)(=O)=O)c3)cn2)n1. The smallest absolute Gasteiger partial charge is 0.251 e. The van der Waals surface area contributed by atoms with Crippen LogP contribution in [0.4, 0.5) is 5.69 Å². The van der Waals surface area contributed by atoms with Gasteiger partial charge in [-0.3, -0.25) is 9.52 Å². The molecule has 0 bridgehead atoms. The van der Waals surface area contributed by atoms with Crippen LogP contribution in [0, 0.1) is 13.8 Å². The number of rotatable bonds is 6. The summed E-state index contributed by atoms with van der Waals surface area (Å²) in [5.74, 6) is 0.334. The van der Waals surface area contributed by atoms with E-state index in [1.54, 1.807) is 10.9 Å². The summed E-state index contributed by atoms with van der Waals surface area (Å²) < 4.78 is 26.9. The summed E-state index contributed by atoms with van der Waals surface area (Å²) in [6, 6.07) is 10.0. The maximum absolute atomic E-state index is 12.4. The number of benzene rings is 1. The summed E-state index contributed by atoms with van der Waals surface area (Å²) in [4.78, 5) is 16.8. The van der Waals surface area contributed by atoms with Gasteiger partial charge in [0, 0.05) is 24.0 Å². The first-order chi connectivity index (χ1) is 13.6. The Bertz CT molecular complexity index is 1160. The number of carbonyl (C=O) groups excluding carboxylic acids is 1. The van der Waals surface area contributed by atoms with Gasteiger partial charge in [0.15, 0.2) is 5.82 Å². The van der Waals surface area contributed by atoms with E-state index in [4.69, 9.17) is 11.6 Å². The van der Waals surface area contributed by atoms with Crippen molar-refractivity contribution in [3.8, 4) is 5.82 Å². The van der Waals surface area contributed by atoms with E-state index < -0.39 is 10.0 Å². The van der Waals surface area contributed by atoms with E-state index in [1.807, 2.05) is 32.0 Å². The molecule has 3 rings (SSSR count). The van der Waals surface area contributed by atoms with Crippen molar-refractivity contribution in [3.05, 3.63) is 70.1 Å². The van der Waals surface area contributed by atoms with Crippen molar-refractivity contribution in [3.63, 3.8) is 0 Å². The number of amides is 1. The number of anilines is 1. The molecule has 0 aliphatic rings. The standard InChI is InChI=1S/C19H20ClN5O3S/c1-12-8-13(2)25(23-12)18-7-4-14(10-21-18)11-22-19(26)15-5-6-16(20)17(9-15)24-29(3,27)28/h4-10,24H,11H2,1-3H3,(H,22,26). The number of nitrogens with zero attached hydrogens (tertiary/aromatic N) is 3. The number of carbonyl (C=O) groups is 1. The monoisotopic (exact) mass is 433 g/mol. The largest absolute Gasteiger partial charge is 0.348 e. The topological polar surface area (TPSA) is 106 Å². The molecular weight excluding hydrogens is 414 g/mol. The van der Waals surface area contributed by atoms with Crippen LogP contribution in [0.15, 0.2) is 42.6 Å². The predicted molar refractivity (Wildman–Crippen MR) is 112 cm³/mol. The second-order valence-corrected chi connectivity index (χ2v) is 8.77. The zero-order chi connectivity index (χ0) is 21.2. The molecule has 2 aromatic heterocycles. The Morgan fingerprint density at radius 1 is 1.17 bits per heavy atom. The Hall–Kier alpha value is -2.91. The van der Waals surface area contributed by atoms with Gasteiger partial charge in [-0.05, 0) is 49.7 Å². The fourth-order valence-electron chi connectivity index (χ4n) is 2.74. The van der Waals surface area contributed by atoms with Gasteiger partial charge in [-0.15, -0.1) is 0 Å². The molecule has 152 valence electrons. The highest BCUT2D eigenvalue weighted by atomic mass is 35.5. The van der Waals surface area contributed by atoms with Crippen LogP contribution in [0.1, 0.15) is 27.3 Å². The van der Waals surface area contributed by atoms with Crippen molar-refractivity contribution in [2.75, 3.05) is 11.0 Å². The molecular formula is C19H20ClN5O3S. The average molecular weight is 434 g/mol. The van der Waals surface area contributed by atoms with Gasteiger partial charge in [0.25, 0.3) is 5.91 Å². The summed E-state index contributed by atoms with van der Waals surface area (Å²) in [6.45, 7) is 4.14. The lowest BCUT2D eigenvalue weighted by Crippen LogP contribution is -2.23. The minimum Gasteiger partial charge on any atom is -0.348 e. The van der Waals surface area contributed by atoms with Gasteiger partial charge in [0.2, 0.25) is 10.0 Å². The van der Waals surface area contributed by atoms with Gasteiger partial charge >= 0.3 is 0 Å². The first kappa shape index (κ1) is 20.8.